The van der Waals surface area contributed by atoms with Gasteiger partial charge in [0.05, 0.1) is 12.7 Å². The third-order valence-corrected chi connectivity index (χ3v) is 1.68. The lowest BCUT2D eigenvalue weighted by Crippen LogP contribution is -2.43. The Balaban J connectivity index is 3.73. The van der Waals surface area contributed by atoms with Crippen molar-refractivity contribution >= 4 is 12.4 Å². The van der Waals surface area contributed by atoms with Crippen molar-refractivity contribution in [1.29, 1.82) is 0 Å². The minimum atomic E-state index is -0.911. The zero-order chi connectivity index (χ0) is 11.0. The molecule has 0 spiro atoms. The highest BCUT2D eigenvalue weighted by atomic mass is 16.5. The van der Waals surface area contributed by atoms with Gasteiger partial charge in [0.1, 0.15) is 12.3 Å². The average Bonchev–Trinajstić information content (AvgIpc) is 2.14. The average molecular weight is 203 g/mol. The maximum absolute atomic E-state index is 11.0. The Kier molecular flexibility index (Phi) is 6.74. The van der Waals surface area contributed by atoms with Crippen molar-refractivity contribution < 1.29 is 19.4 Å². The van der Waals surface area contributed by atoms with Gasteiger partial charge in [-0.3, -0.25) is 0 Å². The molecule has 1 amide bonds. The van der Waals surface area contributed by atoms with E-state index in [1.807, 2.05) is 6.92 Å². The number of aliphatic hydroxyl groups is 1. The maximum atomic E-state index is 11.0. The summed E-state index contributed by atoms with van der Waals surface area (Å²) in [4.78, 5) is 21.4. The smallest absolute Gasteiger partial charge is 0.407 e. The highest BCUT2D eigenvalue weighted by Crippen LogP contribution is 1.92. The van der Waals surface area contributed by atoms with Crippen molar-refractivity contribution in [3.05, 3.63) is 0 Å². The molecule has 0 heterocycles. The Hall–Kier alpha value is -1.10. The molecule has 0 radical (unpaired) electrons. The van der Waals surface area contributed by atoms with Crippen LogP contribution < -0.4 is 5.32 Å². The predicted molar refractivity (Wildman–Crippen MR) is 50.9 cm³/mol. The fourth-order valence-corrected chi connectivity index (χ4v) is 0.755. The summed E-state index contributed by atoms with van der Waals surface area (Å²) >= 11 is 0. The lowest BCUT2D eigenvalue weighted by atomic mass is 10.2. The van der Waals surface area contributed by atoms with Gasteiger partial charge in [0.25, 0.3) is 0 Å². The standard InChI is InChI=1S/C9H17NO4/c1-3-4-5-14-9(13)10-8(6-11)7(2)12/h6-8,12H,3-5H2,1-2H3,(H,10,13)/t7-,8-/m1/s1. The Labute approximate surface area is 83.4 Å². The Morgan fingerprint density at radius 3 is 2.71 bits per heavy atom. The van der Waals surface area contributed by atoms with Crippen LogP contribution >= 0.6 is 0 Å². The Morgan fingerprint density at radius 1 is 1.64 bits per heavy atom. The molecule has 0 aliphatic rings. The summed E-state index contributed by atoms with van der Waals surface area (Å²) < 4.78 is 4.74. The van der Waals surface area contributed by atoms with Crippen LogP contribution in [0.4, 0.5) is 4.79 Å². The second-order valence-electron chi connectivity index (χ2n) is 3.04. The number of aliphatic hydroxyl groups excluding tert-OH is 1. The van der Waals surface area contributed by atoms with Crippen molar-refractivity contribution in [2.45, 2.75) is 38.8 Å². The SMILES string of the molecule is CCCCOC(=O)N[C@H](C=O)[C@@H](C)O. The summed E-state index contributed by atoms with van der Waals surface area (Å²) in [6.45, 7) is 3.73. The zero-order valence-electron chi connectivity index (χ0n) is 8.53. The first kappa shape index (κ1) is 12.9. The van der Waals surface area contributed by atoms with Crippen LogP contribution in [0.1, 0.15) is 26.7 Å². The second-order valence-corrected chi connectivity index (χ2v) is 3.04. The number of unbranched alkanes of at least 4 members (excludes halogenated alkanes) is 1. The fraction of sp³-hybridized carbons (Fsp3) is 0.778. The van der Waals surface area contributed by atoms with Crippen LogP contribution in [0.3, 0.4) is 0 Å². The third-order valence-electron chi connectivity index (χ3n) is 1.68. The molecule has 82 valence electrons. The van der Waals surface area contributed by atoms with E-state index in [9.17, 15) is 9.59 Å². The molecule has 0 aromatic heterocycles. The molecule has 5 nitrogen and oxygen atoms in total. The van der Waals surface area contributed by atoms with Gasteiger partial charge in [-0.15, -0.1) is 0 Å². The van der Waals surface area contributed by atoms with Crippen molar-refractivity contribution in [1.82, 2.24) is 5.32 Å². The van der Waals surface area contributed by atoms with E-state index < -0.39 is 18.2 Å². The minimum Gasteiger partial charge on any atom is -0.450 e. The maximum Gasteiger partial charge on any atom is 0.407 e. The Bertz CT molecular complexity index is 182. The lowest BCUT2D eigenvalue weighted by molar-refractivity contribution is -0.111. The largest absolute Gasteiger partial charge is 0.450 e. The molecule has 0 aliphatic carbocycles. The quantitative estimate of drug-likeness (QED) is 0.485. The van der Waals surface area contributed by atoms with Gasteiger partial charge in [0.2, 0.25) is 0 Å². The fourth-order valence-electron chi connectivity index (χ4n) is 0.755. The molecule has 0 aliphatic heterocycles. The summed E-state index contributed by atoms with van der Waals surface area (Å²) in [5, 5.41) is 11.3. The van der Waals surface area contributed by atoms with Crippen LogP contribution in [0.5, 0.6) is 0 Å². The Morgan fingerprint density at radius 2 is 2.29 bits per heavy atom. The van der Waals surface area contributed by atoms with E-state index in [0.717, 1.165) is 12.8 Å². The molecule has 0 aromatic carbocycles. The van der Waals surface area contributed by atoms with Gasteiger partial charge in [-0.25, -0.2) is 4.79 Å². The lowest BCUT2D eigenvalue weighted by Gasteiger charge is -2.14. The van der Waals surface area contributed by atoms with Gasteiger partial charge in [-0.05, 0) is 13.3 Å². The van der Waals surface area contributed by atoms with E-state index in [4.69, 9.17) is 9.84 Å². The van der Waals surface area contributed by atoms with Gasteiger partial charge >= 0.3 is 6.09 Å². The van der Waals surface area contributed by atoms with E-state index in [2.05, 4.69) is 5.32 Å². The third kappa shape index (κ3) is 5.53. The van der Waals surface area contributed by atoms with E-state index in [0.29, 0.717) is 12.9 Å². The van der Waals surface area contributed by atoms with Gasteiger partial charge in [0.15, 0.2) is 0 Å². The van der Waals surface area contributed by atoms with Crippen molar-refractivity contribution in [2.24, 2.45) is 0 Å². The number of alkyl carbamates (subject to hydrolysis) is 1. The summed E-state index contributed by atoms with van der Waals surface area (Å²) in [7, 11) is 0. The van der Waals surface area contributed by atoms with E-state index in [-0.39, 0.29) is 0 Å². The van der Waals surface area contributed by atoms with Crippen LogP contribution in [0.25, 0.3) is 0 Å². The second kappa shape index (κ2) is 7.32. The van der Waals surface area contributed by atoms with E-state index in [1.165, 1.54) is 6.92 Å². The summed E-state index contributed by atoms with van der Waals surface area (Å²) in [6.07, 6.45) is 0.614. The molecule has 5 heteroatoms. The van der Waals surface area contributed by atoms with Crippen LogP contribution in [-0.2, 0) is 9.53 Å². The molecular formula is C9H17NO4. The first-order valence-electron chi connectivity index (χ1n) is 4.68. The molecule has 2 atom stereocenters. The topological polar surface area (TPSA) is 75.6 Å². The van der Waals surface area contributed by atoms with Gasteiger partial charge in [-0.2, -0.15) is 0 Å². The van der Waals surface area contributed by atoms with Crippen LogP contribution in [0.2, 0.25) is 0 Å². The molecule has 0 saturated carbocycles. The molecule has 0 unspecified atom stereocenters. The van der Waals surface area contributed by atoms with E-state index in [1.54, 1.807) is 0 Å². The van der Waals surface area contributed by atoms with Crippen LogP contribution in [-0.4, -0.2) is 36.2 Å². The highest BCUT2D eigenvalue weighted by molar-refractivity contribution is 5.73. The van der Waals surface area contributed by atoms with Crippen molar-refractivity contribution in [2.75, 3.05) is 6.61 Å². The number of aldehydes is 1. The molecule has 0 bridgehead atoms. The molecule has 0 aromatic rings. The first-order valence-corrected chi connectivity index (χ1v) is 4.68. The number of hydrogen-bond acceptors (Lipinski definition) is 4. The monoisotopic (exact) mass is 203 g/mol. The van der Waals surface area contributed by atoms with Gasteiger partial charge < -0.3 is 20.0 Å². The summed E-state index contributed by atoms with van der Waals surface area (Å²) in [5.74, 6) is 0. The molecule has 0 saturated heterocycles. The van der Waals surface area contributed by atoms with Crippen LogP contribution in [0, 0.1) is 0 Å². The number of carbonyl (C=O) groups is 2. The van der Waals surface area contributed by atoms with E-state index >= 15 is 0 Å². The van der Waals surface area contributed by atoms with Crippen LogP contribution in [0.15, 0.2) is 0 Å². The first-order chi connectivity index (χ1) is 6.61. The van der Waals surface area contributed by atoms with Gasteiger partial charge in [0, 0.05) is 0 Å². The normalized spacial score (nSPS) is 14.2. The number of hydrogen-bond donors (Lipinski definition) is 2. The number of rotatable bonds is 6. The number of amides is 1. The van der Waals surface area contributed by atoms with Crippen molar-refractivity contribution in [3.63, 3.8) is 0 Å². The zero-order valence-corrected chi connectivity index (χ0v) is 8.53. The summed E-state index contributed by atoms with van der Waals surface area (Å²) in [6, 6.07) is -0.899. The minimum absolute atomic E-state index is 0.327. The highest BCUT2D eigenvalue weighted by Gasteiger charge is 2.16. The number of carbonyl (C=O) groups excluding carboxylic acids is 2. The summed E-state index contributed by atoms with van der Waals surface area (Å²) in [5.41, 5.74) is 0. The molecule has 0 rings (SSSR count). The molecule has 14 heavy (non-hydrogen) atoms. The molecule has 0 fully saturated rings. The number of ether oxygens (including phenoxy) is 1. The molecular weight excluding hydrogens is 186 g/mol. The number of nitrogens with one attached hydrogen (secondary N) is 1. The van der Waals surface area contributed by atoms with Crippen molar-refractivity contribution in [3.8, 4) is 0 Å². The van der Waals surface area contributed by atoms with Gasteiger partial charge in [-0.1, -0.05) is 13.3 Å². The predicted octanol–water partition coefficient (Wildman–Crippen LogP) is 0.461. The molecule has 2 N–H and O–H groups in total.